The third-order valence-electron chi connectivity index (χ3n) is 2.94. The van der Waals surface area contributed by atoms with Crippen LogP contribution < -0.4 is 0 Å². The summed E-state index contributed by atoms with van der Waals surface area (Å²) in [5, 5.41) is 22.7. The monoisotopic (exact) mass is 275 g/mol. The zero-order chi connectivity index (χ0) is 14.5. The molecule has 0 atom stereocenters. The summed E-state index contributed by atoms with van der Waals surface area (Å²) in [5.74, 6) is 0.317. The maximum absolute atomic E-state index is 12.4. The molecule has 1 amide bonds. The summed E-state index contributed by atoms with van der Waals surface area (Å²) in [6, 6.07) is 7.06. The molecule has 2 N–H and O–H groups in total. The molecular formula is C13H17N5O2. The average molecular weight is 275 g/mol. The molecule has 0 bridgehead atoms. The molecule has 1 aromatic carbocycles. The topological polar surface area (TPSA) is 95.0 Å². The Kier molecular flexibility index (Phi) is 4.41. The molecule has 0 aliphatic carbocycles. The first kappa shape index (κ1) is 14.1. The van der Waals surface area contributed by atoms with Gasteiger partial charge in [0.1, 0.15) is 0 Å². The Labute approximate surface area is 116 Å². The second-order valence-corrected chi connectivity index (χ2v) is 4.63. The third kappa shape index (κ3) is 3.00. The minimum atomic E-state index is -0.126. The first-order valence-corrected chi connectivity index (χ1v) is 6.39. The highest BCUT2D eigenvalue weighted by molar-refractivity contribution is 5.95. The van der Waals surface area contributed by atoms with Crippen molar-refractivity contribution in [1.82, 2.24) is 25.5 Å². The average Bonchev–Trinajstić information content (AvgIpc) is 2.98. The van der Waals surface area contributed by atoms with E-state index >= 15 is 0 Å². The van der Waals surface area contributed by atoms with Crippen LogP contribution in [-0.2, 0) is 0 Å². The number of tetrazole rings is 1. The van der Waals surface area contributed by atoms with Gasteiger partial charge in [-0.3, -0.25) is 4.79 Å². The van der Waals surface area contributed by atoms with Gasteiger partial charge in [-0.05, 0) is 31.2 Å². The number of hydrogen-bond donors (Lipinski definition) is 2. The lowest BCUT2D eigenvalue weighted by molar-refractivity contribution is 0.0665. The van der Waals surface area contributed by atoms with E-state index in [1.165, 1.54) is 0 Å². The molecule has 0 saturated carbocycles. The van der Waals surface area contributed by atoms with Gasteiger partial charge in [0.2, 0.25) is 5.82 Å². The molecule has 2 rings (SSSR count). The quantitative estimate of drug-likeness (QED) is 0.838. The zero-order valence-corrected chi connectivity index (χ0v) is 11.4. The molecule has 0 radical (unpaired) electrons. The number of aliphatic hydroxyl groups is 1. The molecule has 0 aliphatic heterocycles. The number of carbonyl (C=O) groups is 1. The van der Waals surface area contributed by atoms with E-state index in [1.54, 1.807) is 23.1 Å². The van der Waals surface area contributed by atoms with Crippen molar-refractivity contribution in [2.24, 2.45) is 0 Å². The van der Waals surface area contributed by atoms with Gasteiger partial charge >= 0.3 is 0 Å². The Morgan fingerprint density at radius 1 is 1.45 bits per heavy atom. The predicted molar refractivity (Wildman–Crippen MR) is 72.9 cm³/mol. The van der Waals surface area contributed by atoms with Crippen LogP contribution in [0.3, 0.4) is 0 Å². The van der Waals surface area contributed by atoms with Crippen LogP contribution >= 0.6 is 0 Å². The van der Waals surface area contributed by atoms with Gasteiger partial charge in [-0.2, -0.15) is 5.21 Å². The van der Waals surface area contributed by atoms with Crippen molar-refractivity contribution in [3.63, 3.8) is 0 Å². The van der Waals surface area contributed by atoms with Crippen LogP contribution in [0.2, 0.25) is 0 Å². The SMILES string of the molecule is CC(C)N(CCO)C(=O)c1cccc(-c2nn[nH]n2)c1. The van der Waals surface area contributed by atoms with Crippen molar-refractivity contribution >= 4 is 5.91 Å². The fraction of sp³-hybridized carbons (Fsp3) is 0.385. The summed E-state index contributed by atoms with van der Waals surface area (Å²) in [6.07, 6.45) is 0. The van der Waals surface area contributed by atoms with Gasteiger partial charge in [0.25, 0.3) is 5.91 Å². The molecule has 1 aromatic heterocycles. The number of amides is 1. The van der Waals surface area contributed by atoms with E-state index < -0.39 is 0 Å². The van der Waals surface area contributed by atoms with E-state index in [-0.39, 0.29) is 18.6 Å². The predicted octanol–water partition coefficient (Wildman–Crippen LogP) is 0.710. The summed E-state index contributed by atoms with van der Waals surface area (Å²) in [5.41, 5.74) is 1.26. The van der Waals surface area contributed by atoms with Crippen LogP contribution in [0.15, 0.2) is 24.3 Å². The van der Waals surface area contributed by atoms with Crippen LogP contribution in [0.1, 0.15) is 24.2 Å². The van der Waals surface area contributed by atoms with Crippen LogP contribution in [0.5, 0.6) is 0 Å². The fourth-order valence-corrected chi connectivity index (χ4v) is 1.94. The number of rotatable bonds is 5. The molecule has 106 valence electrons. The number of nitrogens with one attached hydrogen (secondary N) is 1. The second kappa shape index (κ2) is 6.25. The Morgan fingerprint density at radius 3 is 2.85 bits per heavy atom. The summed E-state index contributed by atoms with van der Waals surface area (Å²) in [6.45, 7) is 4.07. The van der Waals surface area contributed by atoms with Gasteiger partial charge in [-0.15, -0.1) is 10.2 Å². The van der Waals surface area contributed by atoms with Crippen LogP contribution in [-0.4, -0.2) is 55.7 Å². The number of H-pyrrole nitrogens is 1. The van der Waals surface area contributed by atoms with Gasteiger partial charge in [0.15, 0.2) is 0 Å². The summed E-state index contributed by atoms with van der Waals surface area (Å²) in [7, 11) is 0. The number of aromatic nitrogens is 4. The fourth-order valence-electron chi connectivity index (χ4n) is 1.94. The normalized spacial score (nSPS) is 10.8. The van der Waals surface area contributed by atoms with Gasteiger partial charge in [0.05, 0.1) is 6.61 Å². The highest BCUT2D eigenvalue weighted by atomic mass is 16.3. The number of aliphatic hydroxyl groups excluding tert-OH is 1. The molecule has 20 heavy (non-hydrogen) atoms. The van der Waals surface area contributed by atoms with Crippen molar-refractivity contribution in [2.45, 2.75) is 19.9 Å². The highest BCUT2D eigenvalue weighted by Gasteiger charge is 2.18. The Hall–Kier alpha value is -2.28. The minimum absolute atomic E-state index is 0.0171. The van der Waals surface area contributed by atoms with Gasteiger partial charge in [0, 0.05) is 23.7 Å². The molecule has 0 aliphatic rings. The van der Waals surface area contributed by atoms with Crippen LogP contribution in [0.25, 0.3) is 11.4 Å². The Morgan fingerprint density at radius 2 is 2.25 bits per heavy atom. The van der Waals surface area contributed by atoms with Gasteiger partial charge in [-0.25, -0.2) is 0 Å². The van der Waals surface area contributed by atoms with Crippen molar-refractivity contribution < 1.29 is 9.90 Å². The number of nitrogens with zero attached hydrogens (tertiary/aromatic N) is 4. The molecule has 1 heterocycles. The van der Waals surface area contributed by atoms with Crippen molar-refractivity contribution in [3.05, 3.63) is 29.8 Å². The lowest BCUT2D eigenvalue weighted by Gasteiger charge is -2.26. The van der Waals surface area contributed by atoms with E-state index in [0.717, 1.165) is 5.56 Å². The van der Waals surface area contributed by atoms with E-state index in [1.807, 2.05) is 19.9 Å². The molecule has 7 nitrogen and oxygen atoms in total. The van der Waals surface area contributed by atoms with Gasteiger partial charge < -0.3 is 10.0 Å². The Bertz CT molecular complexity index is 568. The molecule has 0 saturated heterocycles. The van der Waals surface area contributed by atoms with Crippen LogP contribution in [0.4, 0.5) is 0 Å². The smallest absolute Gasteiger partial charge is 0.254 e. The van der Waals surface area contributed by atoms with E-state index in [0.29, 0.717) is 17.9 Å². The second-order valence-electron chi connectivity index (χ2n) is 4.63. The number of benzene rings is 1. The van der Waals surface area contributed by atoms with E-state index in [4.69, 9.17) is 5.11 Å². The molecule has 0 spiro atoms. The molecular weight excluding hydrogens is 258 g/mol. The lowest BCUT2D eigenvalue weighted by atomic mass is 10.1. The maximum atomic E-state index is 12.4. The minimum Gasteiger partial charge on any atom is -0.395 e. The number of hydrogen-bond acceptors (Lipinski definition) is 5. The summed E-state index contributed by atoms with van der Waals surface area (Å²) >= 11 is 0. The maximum Gasteiger partial charge on any atom is 0.254 e. The molecule has 2 aromatic rings. The lowest BCUT2D eigenvalue weighted by Crippen LogP contribution is -2.39. The summed E-state index contributed by atoms with van der Waals surface area (Å²) in [4.78, 5) is 14.1. The van der Waals surface area contributed by atoms with Crippen molar-refractivity contribution in [3.8, 4) is 11.4 Å². The zero-order valence-electron chi connectivity index (χ0n) is 11.4. The van der Waals surface area contributed by atoms with E-state index in [2.05, 4.69) is 20.6 Å². The molecule has 7 heteroatoms. The first-order valence-electron chi connectivity index (χ1n) is 6.39. The first-order chi connectivity index (χ1) is 9.63. The van der Waals surface area contributed by atoms with Crippen molar-refractivity contribution in [1.29, 1.82) is 0 Å². The molecule has 0 unspecified atom stereocenters. The standard InChI is InChI=1S/C13H17N5O2/c1-9(2)18(6-7-19)13(20)11-5-3-4-10(8-11)12-14-16-17-15-12/h3-5,8-9,19H,6-7H2,1-2H3,(H,14,15,16,17). The highest BCUT2D eigenvalue weighted by Crippen LogP contribution is 2.17. The summed E-state index contributed by atoms with van der Waals surface area (Å²) < 4.78 is 0. The van der Waals surface area contributed by atoms with Crippen LogP contribution in [0, 0.1) is 0 Å². The third-order valence-corrected chi connectivity index (χ3v) is 2.94. The molecule has 0 fully saturated rings. The van der Waals surface area contributed by atoms with Crippen molar-refractivity contribution in [2.75, 3.05) is 13.2 Å². The van der Waals surface area contributed by atoms with Gasteiger partial charge in [-0.1, -0.05) is 12.1 Å². The largest absolute Gasteiger partial charge is 0.395 e. The number of carbonyl (C=O) groups excluding carboxylic acids is 1. The van der Waals surface area contributed by atoms with E-state index in [9.17, 15) is 4.79 Å². The number of aromatic amines is 1. The Balaban J connectivity index is 2.28.